The minimum absolute atomic E-state index is 0.0164. The van der Waals surface area contributed by atoms with Crippen LogP contribution >= 0.6 is 0 Å². The largest absolute Gasteiger partial charge is 0.495 e. The molecular formula is C40H47N2O2+. The first-order valence-electron chi connectivity index (χ1n) is 16.1. The van der Waals surface area contributed by atoms with Crippen molar-refractivity contribution in [1.29, 1.82) is 0 Å². The number of hydrogen-bond acceptors (Lipinski definition) is 2. The lowest BCUT2D eigenvalue weighted by Gasteiger charge is -2.37. The number of quaternary nitrogens is 1. The number of amides is 1. The number of fused-ring (bicyclic) bond motifs is 2. The average molecular weight is 588 g/mol. The molecule has 5 aromatic rings. The molecule has 0 saturated carbocycles. The van der Waals surface area contributed by atoms with Gasteiger partial charge in [-0.05, 0) is 74.4 Å². The van der Waals surface area contributed by atoms with E-state index in [1.807, 2.05) is 35.2 Å². The van der Waals surface area contributed by atoms with Crippen LogP contribution < -0.4 is 4.74 Å². The molecule has 0 radical (unpaired) electrons. The maximum atomic E-state index is 14.3. The number of unbranched alkanes of at least 4 members (excludes halogenated alkanes) is 1. The minimum Gasteiger partial charge on any atom is -0.495 e. The minimum atomic E-state index is 0.0164. The maximum absolute atomic E-state index is 14.3. The van der Waals surface area contributed by atoms with Crippen LogP contribution in [0, 0.1) is 13.8 Å². The molecular weight excluding hydrogens is 540 g/mol. The van der Waals surface area contributed by atoms with Gasteiger partial charge in [0.2, 0.25) is 0 Å². The summed E-state index contributed by atoms with van der Waals surface area (Å²) in [6, 6.07) is 33.9. The molecule has 0 spiro atoms. The van der Waals surface area contributed by atoms with E-state index in [4.69, 9.17) is 4.74 Å². The summed E-state index contributed by atoms with van der Waals surface area (Å²) in [6.45, 7) is 14.6. The van der Waals surface area contributed by atoms with Gasteiger partial charge in [0.05, 0.1) is 32.3 Å². The predicted octanol–water partition coefficient (Wildman–Crippen LogP) is 9.10. The third-order valence-corrected chi connectivity index (χ3v) is 9.24. The fraction of sp³-hybridized carbons (Fsp3) is 0.325. The molecule has 4 heteroatoms. The molecule has 228 valence electrons. The van der Waals surface area contributed by atoms with Gasteiger partial charge in [-0.2, -0.15) is 0 Å². The van der Waals surface area contributed by atoms with Gasteiger partial charge < -0.3 is 14.1 Å². The van der Waals surface area contributed by atoms with Crippen molar-refractivity contribution in [3.8, 4) is 5.75 Å². The fourth-order valence-electron chi connectivity index (χ4n) is 6.75. The molecule has 5 rings (SSSR count). The summed E-state index contributed by atoms with van der Waals surface area (Å²) in [7, 11) is 1.66. The molecule has 0 bridgehead atoms. The van der Waals surface area contributed by atoms with Crippen molar-refractivity contribution < 1.29 is 14.0 Å². The SMILES string of the molecule is CC[N+](CC)(CCCCN(Cc1ccc2ccccc2c1)C(=O)c1ccc2ccccc2c1OC)Cc1cc(C)cc(C)c1. The molecule has 0 atom stereocenters. The number of carbonyl (C=O) groups excluding carboxylic acids is 1. The Balaban J connectivity index is 1.37. The van der Waals surface area contributed by atoms with E-state index in [-0.39, 0.29) is 5.91 Å². The van der Waals surface area contributed by atoms with Crippen molar-refractivity contribution >= 4 is 27.5 Å². The quantitative estimate of drug-likeness (QED) is 0.102. The topological polar surface area (TPSA) is 29.5 Å². The Hall–Kier alpha value is -4.15. The van der Waals surface area contributed by atoms with Gasteiger partial charge in [-0.1, -0.05) is 96.1 Å². The van der Waals surface area contributed by atoms with Gasteiger partial charge in [0, 0.05) is 24.0 Å². The van der Waals surface area contributed by atoms with Crippen LogP contribution in [-0.2, 0) is 13.1 Å². The zero-order valence-electron chi connectivity index (χ0n) is 27.1. The maximum Gasteiger partial charge on any atom is 0.257 e. The second-order valence-corrected chi connectivity index (χ2v) is 12.3. The van der Waals surface area contributed by atoms with E-state index in [9.17, 15) is 4.79 Å². The molecule has 0 saturated heterocycles. The Morgan fingerprint density at radius 2 is 1.39 bits per heavy atom. The highest BCUT2D eigenvalue weighted by Crippen LogP contribution is 2.31. The summed E-state index contributed by atoms with van der Waals surface area (Å²) in [5.41, 5.74) is 5.84. The first kappa shape index (κ1) is 31.3. The number of nitrogens with zero attached hydrogens (tertiary/aromatic N) is 2. The standard InChI is InChI=1S/C40H47N2O2/c1-6-42(7-2,29-33-25-30(3)24-31(4)26-33)23-13-12-22-41(28-32-18-19-34-14-8-9-16-36(34)27-32)40(43)38-21-20-35-15-10-11-17-37(35)39(38)44-5/h8-11,14-21,24-27H,6-7,12-13,22-23,28-29H2,1-5H3/q+1. The van der Waals surface area contributed by atoms with Crippen molar-refractivity contribution in [2.24, 2.45) is 0 Å². The number of benzene rings is 5. The van der Waals surface area contributed by atoms with E-state index in [2.05, 4.69) is 94.4 Å². The number of aryl methyl sites for hydroxylation is 2. The highest BCUT2D eigenvalue weighted by Gasteiger charge is 2.25. The van der Waals surface area contributed by atoms with Gasteiger partial charge in [0.25, 0.3) is 5.91 Å². The Labute approximate surface area is 263 Å². The zero-order chi connectivity index (χ0) is 31.1. The van der Waals surface area contributed by atoms with Gasteiger partial charge in [-0.3, -0.25) is 4.79 Å². The molecule has 5 aromatic carbocycles. The number of methoxy groups -OCH3 is 1. The van der Waals surface area contributed by atoms with E-state index in [1.54, 1.807) is 7.11 Å². The average Bonchev–Trinajstić information content (AvgIpc) is 3.04. The van der Waals surface area contributed by atoms with Crippen molar-refractivity contribution in [3.05, 3.63) is 125 Å². The van der Waals surface area contributed by atoms with Crippen LogP contribution in [0.4, 0.5) is 0 Å². The monoisotopic (exact) mass is 587 g/mol. The molecule has 44 heavy (non-hydrogen) atoms. The molecule has 0 aliphatic rings. The molecule has 0 heterocycles. The van der Waals surface area contributed by atoms with E-state index in [1.165, 1.54) is 27.5 Å². The van der Waals surface area contributed by atoms with Crippen LogP contribution in [-0.4, -0.2) is 48.6 Å². The van der Waals surface area contributed by atoms with E-state index < -0.39 is 0 Å². The lowest BCUT2D eigenvalue weighted by Crippen LogP contribution is -2.47. The summed E-state index contributed by atoms with van der Waals surface area (Å²) in [4.78, 5) is 16.3. The van der Waals surface area contributed by atoms with Crippen molar-refractivity contribution in [3.63, 3.8) is 0 Å². The lowest BCUT2D eigenvalue weighted by molar-refractivity contribution is -0.938. The molecule has 0 aromatic heterocycles. The predicted molar refractivity (Wildman–Crippen MR) is 184 cm³/mol. The third-order valence-electron chi connectivity index (χ3n) is 9.24. The third kappa shape index (κ3) is 7.14. The van der Waals surface area contributed by atoms with Crippen LogP contribution in [0.3, 0.4) is 0 Å². The first-order valence-corrected chi connectivity index (χ1v) is 16.1. The summed E-state index contributed by atoms with van der Waals surface area (Å²) in [6.07, 6.45) is 2.00. The highest BCUT2D eigenvalue weighted by molar-refractivity contribution is 6.03. The second kappa shape index (κ2) is 14.1. The van der Waals surface area contributed by atoms with Gasteiger partial charge >= 0.3 is 0 Å². The number of carbonyl (C=O) groups is 1. The summed E-state index contributed by atoms with van der Waals surface area (Å²) in [5.74, 6) is 0.667. The Morgan fingerprint density at radius 3 is 2.09 bits per heavy atom. The zero-order valence-corrected chi connectivity index (χ0v) is 27.1. The summed E-state index contributed by atoms with van der Waals surface area (Å²) in [5, 5.41) is 4.44. The van der Waals surface area contributed by atoms with Gasteiger partial charge in [0.15, 0.2) is 0 Å². The Bertz CT molecular complexity index is 1720. The first-order chi connectivity index (χ1) is 21.3. The highest BCUT2D eigenvalue weighted by atomic mass is 16.5. The van der Waals surface area contributed by atoms with Gasteiger partial charge in [0.1, 0.15) is 12.3 Å². The number of hydrogen-bond donors (Lipinski definition) is 0. The smallest absolute Gasteiger partial charge is 0.257 e. The number of ether oxygens (including phenoxy) is 1. The second-order valence-electron chi connectivity index (χ2n) is 12.3. The lowest BCUT2D eigenvalue weighted by atomic mass is 10.0. The molecule has 0 fully saturated rings. The van der Waals surface area contributed by atoms with Crippen LogP contribution in [0.15, 0.2) is 97.1 Å². The van der Waals surface area contributed by atoms with Crippen molar-refractivity contribution in [2.45, 2.75) is 53.6 Å². The number of rotatable bonds is 13. The van der Waals surface area contributed by atoms with Crippen molar-refractivity contribution in [2.75, 3.05) is 33.3 Å². The normalized spacial score (nSPS) is 11.7. The van der Waals surface area contributed by atoms with Crippen LogP contribution in [0.5, 0.6) is 5.75 Å². The molecule has 0 N–H and O–H groups in total. The Kier molecular flexibility index (Phi) is 10.0. The van der Waals surface area contributed by atoms with Crippen molar-refractivity contribution in [1.82, 2.24) is 4.90 Å². The molecule has 1 amide bonds. The van der Waals surface area contributed by atoms with Crippen LogP contribution in [0.2, 0.25) is 0 Å². The summed E-state index contributed by atoms with van der Waals surface area (Å²) >= 11 is 0. The van der Waals surface area contributed by atoms with E-state index in [0.717, 1.165) is 59.8 Å². The van der Waals surface area contributed by atoms with Gasteiger partial charge in [-0.25, -0.2) is 0 Å². The molecule has 4 nitrogen and oxygen atoms in total. The molecule has 0 unspecified atom stereocenters. The molecule has 0 aliphatic carbocycles. The van der Waals surface area contributed by atoms with Gasteiger partial charge in [-0.15, -0.1) is 0 Å². The van der Waals surface area contributed by atoms with E-state index in [0.29, 0.717) is 24.4 Å². The van der Waals surface area contributed by atoms with Crippen LogP contribution in [0.1, 0.15) is 59.3 Å². The molecule has 0 aliphatic heterocycles. The Morgan fingerprint density at radius 1 is 0.727 bits per heavy atom. The summed E-state index contributed by atoms with van der Waals surface area (Å²) < 4.78 is 6.92. The fourth-order valence-corrected chi connectivity index (χ4v) is 6.75. The van der Waals surface area contributed by atoms with E-state index >= 15 is 0 Å². The van der Waals surface area contributed by atoms with Crippen LogP contribution in [0.25, 0.3) is 21.5 Å².